The number of aliphatic imine (C=N–C) groups is 1. The number of anilines is 1. The van der Waals surface area contributed by atoms with E-state index < -0.39 is 0 Å². The number of aldehydes is 1. The summed E-state index contributed by atoms with van der Waals surface area (Å²) < 4.78 is 5.03. The third-order valence-corrected chi connectivity index (χ3v) is 3.93. The highest BCUT2D eigenvalue weighted by Gasteiger charge is 2.06. The Labute approximate surface area is 237 Å². The van der Waals surface area contributed by atoms with Gasteiger partial charge in [-0.1, -0.05) is 81.4 Å². The highest BCUT2D eigenvalue weighted by atomic mass is 16.5. The van der Waals surface area contributed by atoms with Crippen molar-refractivity contribution in [1.82, 2.24) is 4.98 Å². The van der Waals surface area contributed by atoms with Gasteiger partial charge in [0.15, 0.2) is 0 Å². The summed E-state index contributed by atoms with van der Waals surface area (Å²) >= 11 is 0. The molecule has 0 atom stereocenters. The topological polar surface area (TPSA) is 54.8 Å². The van der Waals surface area contributed by atoms with Gasteiger partial charge in [0.25, 0.3) is 0 Å². The lowest BCUT2D eigenvalue weighted by molar-refractivity contribution is -0.104. The molecule has 218 valence electrons. The molecule has 0 radical (unpaired) electrons. The van der Waals surface area contributed by atoms with E-state index in [4.69, 9.17) is 4.74 Å². The van der Waals surface area contributed by atoms with E-state index in [0.29, 0.717) is 11.9 Å². The summed E-state index contributed by atoms with van der Waals surface area (Å²) in [4.78, 5) is 20.9. The minimum atomic E-state index is 0.289. The lowest BCUT2D eigenvalue weighted by Gasteiger charge is -2.12. The van der Waals surface area contributed by atoms with Crippen LogP contribution in [0.5, 0.6) is 0 Å². The number of hydrogen-bond donors (Lipinski definition) is 0. The average molecular weight is 530 g/mol. The van der Waals surface area contributed by atoms with Crippen LogP contribution in [0.3, 0.4) is 0 Å². The molecule has 0 saturated heterocycles. The van der Waals surface area contributed by atoms with Gasteiger partial charge in [0.1, 0.15) is 12.1 Å². The summed E-state index contributed by atoms with van der Waals surface area (Å²) in [7, 11) is 7.39. The van der Waals surface area contributed by atoms with Crippen molar-refractivity contribution in [2.24, 2.45) is 10.9 Å². The Morgan fingerprint density at radius 2 is 1.66 bits per heavy atom. The van der Waals surface area contributed by atoms with Gasteiger partial charge in [-0.15, -0.1) is 12.3 Å². The molecule has 1 heterocycles. The molecular weight excluding hydrogens is 470 g/mol. The zero-order valence-corrected chi connectivity index (χ0v) is 27.4. The number of hydrogen-bond acceptors (Lipinski definition) is 5. The predicted molar refractivity (Wildman–Crippen MR) is 174 cm³/mol. The number of terminal acetylenes is 1. The second-order valence-corrected chi connectivity index (χ2v) is 7.73. The number of carbonyl (C=O) groups is 1. The monoisotopic (exact) mass is 529 g/mol. The van der Waals surface area contributed by atoms with Gasteiger partial charge in [0.05, 0.1) is 12.9 Å². The molecule has 0 aliphatic carbocycles. The van der Waals surface area contributed by atoms with Gasteiger partial charge in [-0.25, -0.2) is 4.98 Å². The smallest absolute Gasteiger partial charge is 0.149 e. The summed E-state index contributed by atoms with van der Waals surface area (Å²) in [6.45, 7) is 25.6. The second kappa shape index (κ2) is 33.9. The molecule has 5 heteroatoms. The van der Waals surface area contributed by atoms with Crippen LogP contribution in [0, 0.1) is 18.3 Å². The van der Waals surface area contributed by atoms with Crippen molar-refractivity contribution in [3.05, 3.63) is 54.0 Å². The summed E-state index contributed by atoms with van der Waals surface area (Å²) in [5.74, 6) is 4.29. The third-order valence-electron chi connectivity index (χ3n) is 3.93. The van der Waals surface area contributed by atoms with Gasteiger partial charge in [0, 0.05) is 50.1 Å². The van der Waals surface area contributed by atoms with Gasteiger partial charge in [-0.3, -0.25) is 9.79 Å². The molecule has 5 nitrogen and oxygen atoms in total. The number of aromatic nitrogens is 1. The van der Waals surface area contributed by atoms with E-state index in [1.165, 1.54) is 12.0 Å². The van der Waals surface area contributed by atoms with Crippen LogP contribution >= 0.6 is 0 Å². The van der Waals surface area contributed by atoms with E-state index in [1.54, 1.807) is 20.1 Å². The molecule has 0 bridgehead atoms. The summed E-state index contributed by atoms with van der Waals surface area (Å²) in [6.07, 6.45) is 13.3. The van der Waals surface area contributed by atoms with E-state index in [-0.39, 0.29) is 5.92 Å². The van der Waals surface area contributed by atoms with Crippen molar-refractivity contribution in [1.29, 1.82) is 0 Å². The van der Waals surface area contributed by atoms with Crippen molar-refractivity contribution >= 4 is 23.4 Å². The molecule has 1 aromatic heterocycles. The molecular formula is C33H59N3O2. The number of methoxy groups -OCH3 is 1. The van der Waals surface area contributed by atoms with Crippen molar-refractivity contribution in [3.63, 3.8) is 0 Å². The molecule has 0 aromatic carbocycles. The molecule has 0 unspecified atom stereocenters. The Hall–Kier alpha value is -3.13. The highest BCUT2D eigenvalue weighted by molar-refractivity contribution is 6.22. The molecule has 1 rings (SSSR count). The Morgan fingerprint density at radius 1 is 1.18 bits per heavy atom. The first-order chi connectivity index (χ1) is 18.0. The largest absolute Gasteiger partial charge is 0.501 e. The van der Waals surface area contributed by atoms with Gasteiger partial charge in [0.2, 0.25) is 0 Å². The highest BCUT2D eigenvalue weighted by Crippen LogP contribution is 2.18. The number of nitrogens with zero attached hydrogens (tertiary/aromatic N) is 3. The Balaban J connectivity index is -0.000000148. The van der Waals surface area contributed by atoms with Crippen LogP contribution in [-0.2, 0) is 9.53 Å². The minimum Gasteiger partial charge on any atom is -0.501 e. The Bertz CT molecular complexity index is 810. The van der Waals surface area contributed by atoms with Crippen molar-refractivity contribution in [2.45, 2.75) is 89.0 Å². The molecule has 1 aromatic rings. The van der Waals surface area contributed by atoms with Crippen molar-refractivity contribution < 1.29 is 9.53 Å². The SMILES string of the molecule is C#CC.C=C(C=O)/C=C(\OC)C(C)C.CC.CC.CC/C=C(\C(C)=NC)c1ccc(N(C)C)nc1.CCC. The van der Waals surface area contributed by atoms with Gasteiger partial charge < -0.3 is 9.64 Å². The first kappa shape index (κ1) is 44.8. The zero-order valence-electron chi connectivity index (χ0n) is 27.4. The van der Waals surface area contributed by atoms with E-state index in [0.717, 1.165) is 29.3 Å². The first-order valence-electron chi connectivity index (χ1n) is 13.6. The summed E-state index contributed by atoms with van der Waals surface area (Å²) in [5.41, 5.74) is 3.79. The average Bonchev–Trinajstić information content (AvgIpc) is 2.93. The summed E-state index contributed by atoms with van der Waals surface area (Å²) in [5, 5.41) is 0. The van der Waals surface area contributed by atoms with Crippen molar-refractivity contribution in [2.75, 3.05) is 33.2 Å². The molecule has 0 N–H and O–H groups in total. The fourth-order valence-corrected chi connectivity index (χ4v) is 2.29. The molecule has 38 heavy (non-hydrogen) atoms. The number of pyridine rings is 1. The quantitative estimate of drug-likeness (QED) is 0.0841. The number of ether oxygens (including phenoxy) is 1. The fraction of sp³-hybridized carbons (Fsp3) is 0.545. The molecule has 0 amide bonds. The predicted octanol–water partition coefficient (Wildman–Crippen LogP) is 9.07. The third kappa shape index (κ3) is 25.9. The van der Waals surface area contributed by atoms with Crippen LogP contribution in [0.2, 0.25) is 0 Å². The van der Waals surface area contributed by atoms with E-state index >= 15 is 0 Å². The first-order valence-corrected chi connectivity index (χ1v) is 13.6. The van der Waals surface area contributed by atoms with Crippen LogP contribution in [0.15, 0.2) is 53.4 Å². The maximum Gasteiger partial charge on any atom is 0.149 e. The normalized spacial score (nSPS) is 10.0. The standard InChI is InChI=1S/C14H21N3.C9H14O2.C3H8.C3H4.2C2H6/c1-6-7-13(11(2)15-3)12-8-9-14(16-10-12)17(4)5;1-7(2)9(11-4)5-8(3)6-10;2*1-3-2;2*1-2/h7-10H,6H2,1-5H3;5-7H,3H2,1-2,4H3;3H2,1-2H3;1H,2H3;2*1-2H3/b13-7+,15-11?;9-5-;;;;. The molecule has 0 saturated carbocycles. The molecule has 0 spiro atoms. The van der Waals surface area contributed by atoms with Crippen LogP contribution in [-0.4, -0.2) is 45.2 Å². The fourth-order valence-electron chi connectivity index (χ4n) is 2.29. The lowest BCUT2D eigenvalue weighted by Crippen LogP contribution is -2.10. The van der Waals surface area contributed by atoms with Crippen LogP contribution in [0.4, 0.5) is 5.82 Å². The number of allylic oxidation sites excluding steroid dienone is 5. The molecule has 0 aliphatic heterocycles. The maximum atomic E-state index is 10.2. The van der Waals surface area contributed by atoms with Gasteiger partial charge in [-0.2, -0.15) is 0 Å². The van der Waals surface area contributed by atoms with Crippen LogP contribution < -0.4 is 4.90 Å². The van der Waals surface area contributed by atoms with E-state index in [9.17, 15) is 4.79 Å². The zero-order chi connectivity index (χ0) is 31.1. The van der Waals surface area contributed by atoms with Crippen LogP contribution in [0.25, 0.3) is 5.57 Å². The molecule has 0 aliphatic rings. The maximum absolute atomic E-state index is 10.2. The molecule has 0 fully saturated rings. The van der Waals surface area contributed by atoms with E-state index in [2.05, 4.69) is 61.8 Å². The minimum absolute atomic E-state index is 0.289. The number of rotatable bonds is 8. The van der Waals surface area contributed by atoms with Gasteiger partial charge >= 0.3 is 0 Å². The van der Waals surface area contributed by atoms with Crippen LogP contribution in [0.1, 0.15) is 94.6 Å². The Kier molecular flexibility index (Phi) is 40.0. The second-order valence-electron chi connectivity index (χ2n) is 7.73. The number of carbonyl (C=O) groups excluding carboxylic acids is 1. The van der Waals surface area contributed by atoms with Gasteiger partial charge in [-0.05, 0) is 44.1 Å². The van der Waals surface area contributed by atoms with Crippen molar-refractivity contribution in [3.8, 4) is 12.3 Å². The lowest BCUT2D eigenvalue weighted by atomic mass is 10.0. The Morgan fingerprint density at radius 3 is 1.92 bits per heavy atom. The summed E-state index contributed by atoms with van der Waals surface area (Å²) in [6, 6.07) is 4.13. The van der Waals surface area contributed by atoms with E-state index in [1.807, 2.05) is 86.8 Å².